The standard InChI is InChI=1S/C21H22N4OS/c1-3-15-4-6-16(7-5-15)19(26)14(2)27-21-24-23-20(25(21)18-8-9-18)17-10-12-22-13-11-17/h4-7,10-14,18H,3,8-9H2,1-2H3/t14-/m0/s1. The minimum absolute atomic E-state index is 0.124. The largest absolute Gasteiger partial charge is 0.299 e. The van der Waals surface area contributed by atoms with Crippen LogP contribution in [-0.2, 0) is 6.42 Å². The SMILES string of the molecule is CCc1ccc(C(=O)[C@H](C)Sc2nnc(-c3ccncc3)n2C2CC2)cc1. The van der Waals surface area contributed by atoms with E-state index in [-0.39, 0.29) is 11.0 Å². The summed E-state index contributed by atoms with van der Waals surface area (Å²) in [5.41, 5.74) is 2.99. The van der Waals surface area contributed by atoms with Gasteiger partial charge in [-0.15, -0.1) is 10.2 Å². The highest BCUT2D eigenvalue weighted by molar-refractivity contribution is 8.00. The second kappa shape index (κ2) is 7.64. The monoisotopic (exact) mass is 378 g/mol. The van der Waals surface area contributed by atoms with Crippen LogP contribution in [0.3, 0.4) is 0 Å². The third kappa shape index (κ3) is 3.81. The van der Waals surface area contributed by atoms with E-state index in [1.807, 2.05) is 43.3 Å². The average Bonchev–Trinajstić information content (AvgIpc) is 3.48. The number of thioether (sulfide) groups is 1. The number of aromatic nitrogens is 4. The molecular weight excluding hydrogens is 356 g/mol. The molecule has 1 atom stereocenters. The van der Waals surface area contributed by atoms with Gasteiger partial charge in [-0.1, -0.05) is 43.0 Å². The summed E-state index contributed by atoms with van der Waals surface area (Å²) < 4.78 is 2.18. The number of pyridine rings is 1. The number of benzene rings is 1. The maximum atomic E-state index is 12.8. The number of carbonyl (C=O) groups excluding carboxylic acids is 1. The summed E-state index contributed by atoms with van der Waals surface area (Å²) in [6.07, 6.45) is 6.76. The Labute approximate surface area is 163 Å². The Morgan fingerprint density at radius 2 is 1.85 bits per heavy atom. The van der Waals surface area contributed by atoms with Crippen molar-refractivity contribution in [3.05, 3.63) is 59.9 Å². The highest BCUT2D eigenvalue weighted by Crippen LogP contribution is 2.41. The molecule has 4 rings (SSSR count). The summed E-state index contributed by atoms with van der Waals surface area (Å²) in [6.45, 7) is 4.05. The van der Waals surface area contributed by atoms with Crippen LogP contribution in [0.1, 0.15) is 48.7 Å². The molecule has 0 bridgehead atoms. The maximum absolute atomic E-state index is 12.8. The number of Topliss-reactive ketones (excluding diaryl/α,β-unsaturated/α-hetero) is 1. The van der Waals surface area contributed by atoms with Gasteiger partial charge in [0.15, 0.2) is 16.8 Å². The van der Waals surface area contributed by atoms with Crippen LogP contribution in [-0.4, -0.2) is 30.8 Å². The molecule has 0 spiro atoms. The lowest BCUT2D eigenvalue weighted by atomic mass is 10.1. The first-order valence-electron chi connectivity index (χ1n) is 9.32. The number of carbonyl (C=O) groups is 1. The van der Waals surface area contributed by atoms with Crippen molar-refractivity contribution in [1.82, 2.24) is 19.7 Å². The van der Waals surface area contributed by atoms with Crippen molar-refractivity contribution in [3.63, 3.8) is 0 Å². The Hall–Kier alpha value is -2.47. The van der Waals surface area contributed by atoms with Crippen molar-refractivity contribution in [3.8, 4) is 11.4 Å². The number of ketones is 1. The maximum Gasteiger partial charge on any atom is 0.192 e. The molecule has 0 unspecified atom stereocenters. The lowest BCUT2D eigenvalue weighted by Gasteiger charge is -2.12. The average molecular weight is 379 g/mol. The van der Waals surface area contributed by atoms with Gasteiger partial charge in [0.1, 0.15) is 0 Å². The van der Waals surface area contributed by atoms with Crippen LogP contribution < -0.4 is 0 Å². The second-order valence-electron chi connectivity index (χ2n) is 6.82. The van der Waals surface area contributed by atoms with Crippen molar-refractivity contribution in [2.24, 2.45) is 0 Å². The van der Waals surface area contributed by atoms with E-state index in [0.29, 0.717) is 6.04 Å². The lowest BCUT2D eigenvalue weighted by Crippen LogP contribution is -2.14. The van der Waals surface area contributed by atoms with Gasteiger partial charge < -0.3 is 0 Å². The first-order valence-corrected chi connectivity index (χ1v) is 10.2. The van der Waals surface area contributed by atoms with Crippen LogP contribution in [0.4, 0.5) is 0 Å². The molecule has 2 aromatic heterocycles. The molecule has 1 saturated carbocycles. The van der Waals surface area contributed by atoms with Gasteiger partial charge in [-0.2, -0.15) is 0 Å². The summed E-state index contributed by atoms with van der Waals surface area (Å²) >= 11 is 1.49. The second-order valence-corrected chi connectivity index (χ2v) is 8.13. The van der Waals surface area contributed by atoms with Crippen molar-refractivity contribution in [2.75, 3.05) is 0 Å². The summed E-state index contributed by atoms with van der Waals surface area (Å²) in [6, 6.07) is 12.2. The van der Waals surface area contributed by atoms with Crippen LogP contribution in [0.25, 0.3) is 11.4 Å². The van der Waals surface area contributed by atoms with Gasteiger partial charge in [0.05, 0.1) is 5.25 Å². The molecule has 0 aliphatic heterocycles. The molecule has 5 nitrogen and oxygen atoms in total. The van der Waals surface area contributed by atoms with Crippen molar-refractivity contribution < 1.29 is 4.79 Å². The van der Waals surface area contributed by atoms with Gasteiger partial charge >= 0.3 is 0 Å². The zero-order valence-corrected chi connectivity index (χ0v) is 16.3. The lowest BCUT2D eigenvalue weighted by molar-refractivity contribution is 0.0994. The van der Waals surface area contributed by atoms with Gasteiger partial charge in [-0.05, 0) is 43.9 Å². The quantitative estimate of drug-likeness (QED) is 0.444. The zero-order chi connectivity index (χ0) is 18.8. The van der Waals surface area contributed by atoms with Crippen molar-refractivity contribution >= 4 is 17.5 Å². The molecule has 6 heteroatoms. The summed E-state index contributed by atoms with van der Waals surface area (Å²) in [5.74, 6) is 0.979. The summed E-state index contributed by atoms with van der Waals surface area (Å²) in [5, 5.41) is 9.41. The fourth-order valence-corrected chi connectivity index (χ4v) is 4.06. The van der Waals surface area contributed by atoms with Crippen molar-refractivity contribution in [1.29, 1.82) is 0 Å². The molecule has 1 aliphatic carbocycles. The van der Waals surface area contributed by atoms with Crippen LogP contribution in [0, 0.1) is 0 Å². The molecule has 0 saturated heterocycles. The molecule has 0 radical (unpaired) electrons. The first-order chi connectivity index (χ1) is 13.2. The smallest absolute Gasteiger partial charge is 0.192 e. The molecule has 138 valence electrons. The Kier molecular flexibility index (Phi) is 5.07. The number of hydrogen-bond acceptors (Lipinski definition) is 5. The molecule has 1 aromatic carbocycles. The Bertz CT molecular complexity index is 933. The molecule has 1 fully saturated rings. The van der Waals surface area contributed by atoms with E-state index in [2.05, 4.69) is 26.7 Å². The normalized spacial score (nSPS) is 14.9. The zero-order valence-electron chi connectivity index (χ0n) is 15.5. The highest BCUT2D eigenvalue weighted by Gasteiger charge is 2.31. The summed E-state index contributed by atoms with van der Waals surface area (Å²) in [4.78, 5) is 16.9. The predicted octanol–water partition coefficient (Wildman–Crippen LogP) is 4.60. The Balaban J connectivity index is 1.57. The molecule has 2 heterocycles. The van der Waals surface area contributed by atoms with E-state index in [1.165, 1.54) is 17.3 Å². The number of aryl methyl sites for hydroxylation is 1. The number of rotatable bonds is 7. The van der Waals surface area contributed by atoms with E-state index in [1.54, 1.807) is 12.4 Å². The Morgan fingerprint density at radius 1 is 1.15 bits per heavy atom. The predicted molar refractivity (Wildman–Crippen MR) is 107 cm³/mol. The van der Waals surface area contributed by atoms with Crippen LogP contribution in [0.15, 0.2) is 53.9 Å². The molecule has 27 heavy (non-hydrogen) atoms. The van der Waals surface area contributed by atoms with E-state index in [0.717, 1.165) is 41.4 Å². The van der Waals surface area contributed by atoms with E-state index in [9.17, 15) is 4.79 Å². The fourth-order valence-electron chi connectivity index (χ4n) is 3.07. The molecule has 0 amide bonds. The molecule has 0 N–H and O–H groups in total. The Morgan fingerprint density at radius 3 is 2.48 bits per heavy atom. The van der Waals surface area contributed by atoms with E-state index >= 15 is 0 Å². The molecule has 3 aromatic rings. The van der Waals surface area contributed by atoms with E-state index < -0.39 is 0 Å². The van der Waals surface area contributed by atoms with Gasteiger partial charge in [0.25, 0.3) is 0 Å². The number of hydrogen-bond donors (Lipinski definition) is 0. The van der Waals surface area contributed by atoms with Gasteiger partial charge in [0.2, 0.25) is 0 Å². The van der Waals surface area contributed by atoms with Crippen LogP contribution in [0.5, 0.6) is 0 Å². The minimum Gasteiger partial charge on any atom is -0.299 e. The molecule has 1 aliphatic rings. The third-order valence-corrected chi connectivity index (χ3v) is 5.87. The topological polar surface area (TPSA) is 60.7 Å². The number of nitrogens with zero attached hydrogens (tertiary/aromatic N) is 4. The summed E-state index contributed by atoms with van der Waals surface area (Å²) in [7, 11) is 0. The molecular formula is C21H22N4OS. The van der Waals surface area contributed by atoms with Gasteiger partial charge in [-0.25, -0.2) is 0 Å². The third-order valence-electron chi connectivity index (χ3n) is 4.81. The van der Waals surface area contributed by atoms with Gasteiger partial charge in [-0.3, -0.25) is 14.3 Å². The van der Waals surface area contributed by atoms with E-state index in [4.69, 9.17) is 0 Å². The van der Waals surface area contributed by atoms with Crippen LogP contribution >= 0.6 is 11.8 Å². The van der Waals surface area contributed by atoms with Crippen LogP contribution in [0.2, 0.25) is 0 Å². The van der Waals surface area contributed by atoms with Crippen molar-refractivity contribution in [2.45, 2.75) is 49.6 Å². The highest BCUT2D eigenvalue weighted by atomic mass is 32.2. The van der Waals surface area contributed by atoms with Gasteiger partial charge in [0, 0.05) is 29.6 Å². The first kappa shape index (κ1) is 17.9. The minimum atomic E-state index is -0.218. The fraction of sp³-hybridized carbons (Fsp3) is 0.333.